The molecule has 2 amide bonds. The topological polar surface area (TPSA) is 80.1 Å². The van der Waals surface area contributed by atoms with Crippen LogP contribution in [0.3, 0.4) is 0 Å². The SMILES string of the molecule is Cc1ccc(C(=O)NCCCn2ccnc2)c(C2CCN(C(=O)CSCc3ccccc3)CC2)n1. The van der Waals surface area contributed by atoms with Crippen LogP contribution in [-0.2, 0) is 17.1 Å². The van der Waals surface area contributed by atoms with Gasteiger partial charge in [0.25, 0.3) is 5.91 Å². The number of nitrogens with one attached hydrogen (secondary N) is 1. The Morgan fingerprint density at radius 2 is 1.91 bits per heavy atom. The molecule has 1 aliphatic heterocycles. The minimum absolute atomic E-state index is 0.0750. The predicted octanol–water partition coefficient (Wildman–Crippen LogP) is 4.05. The van der Waals surface area contributed by atoms with Crippen molar-refractivity contribution in [3.63, 3.8) is 0 Å². The fourth-order valence-corrected chi connectivity index (χ4v) is 5.27. The third kappa shape index (κ3) is 7.18. The number of imidazole rings is 1. The normalized spacial score (nSPS) is 14.1. The molecule has 184 valence electrons. The number of thioether (sulfide) groups is 1. The van der Waals surface area contributed by atoms with Crippen LogP contribution in [0, 0.1) is 6.92 Å². The van der Waals surface area contributed by atoms with Crippen LogP contribution in [0.4, 0.5) is 0 Å². The molecule has 0 saturated carbocycles. The van der Waals surface area contributed by atoms with Crippen molar-refractivity contribution in [1.82, 2.24) is 24.8 Å². The third-order valence-corrected chi connectivity index (χ3v) is 7.31. The van der Waals surface area contributed by atoms with Gasteiger partial charge in [0.05, 0.1) is 23.3 Å². The first-order valence-corrected chi connectivity index (χ1v) is 13.4. The quantitative estimate of drug-likeness (QED) is 0.433. The van der Waals surface area contributed by atoms with Gasteiger partial charge in [0.1, 0.15) is 0 Å². The van der Waals surface area contributed by atoms with E-state index in [4.69, 9.17) is 4.98 Å². The van der Waals surface area contributed by atoms with Gasteiger partial charge in [-0.2, -0.15) is 0 Å². The number of amides is 2. The summed E-state index contributed by atoms with van der Waals surface area (Å²) in [5, 5.41) is 3.04. The molecular weight excluding hydrogens is 458 g/mol. The highest BCUT2D eigenvalue weighted by molar-refractivity contribution is 7.99. The van der Waals surface area contributed by atoms with E-state index in [1.54, 1.807) is 24.3 Å². The molecule has 35 heavy (non-hydrogen) atoms. The molecule has 4 rings (SSSR count). The Balaban J connectivity index is 1.27. The number of hydrogen-bond acceptors (Lipinski definition) is 5. The summed E-state index contributed by atoms with van der Waals surface area (Å²) in [6.45, 7) is 4.78. The van der Waals surface area contributed by atoms with Crippen LogP contribution in [0.2, 0.25) is 0 Å². The first-order valence-electron chi connectivity index (χ1n) is 12.2. The van der Waals surface area contributed by atoms with Crippen LogP contribution in [0.5, 0.6) is 0 Å². The molecule has 2 aromatic heterocycles. The van der Waals surface area contributed by atoms with Crippen molar-refractivity contribution in [1.29, 1.82) is 0 Å². The van der Waals surface area contributed by atoms with Crippen molar-refractivity contribution >= 4 is 23.6 Å². The minimum Gasteiger partial charge on any atom is -0.352 e. The maximum atomic E-state index is 13.0. The molecular formula is C27H33N5O2S. The van der Waals surface area contributed by atoms with Gasteiger partial charge in [-0.25, -0.2) is 4.98 Å². The molecule has 1 saturated heterocycles. The van der Waals surface area contributed by atoms with Crippen molar-refractivity contribution in [3.05, 3.63) is 83.7 Å². The fraction of sp³-hybridized carbons (Fsp3) is 0.407. The molecule has 0 atom stereocenters. The van der Waals surface area contributed by atoms with E-state index in [9.17, 15) is 9.59 Å². The highest BCUT2D eigenvalue weighted by Crippen LogP contribution is 2.30. The van der Waals surface area contributed by atoms with E-state index in [-0.39, 0.29) is 17.7 Å². The highest BCUT2D eigenvalue weighted by atomic mass is 32.2. The van der Waals surface area contributed by atoms with Crippen molar-refractivity contribution in [2.75, 3.05) is 25.4 Å². The Morgan fingerprint density at radius 1 is 1.11 bits per heavy atom. The fourth-order valence-electron chi connectivity index (χ4n) is 4.38. The summed E-state index contributed by atoms with van der Waals surface area (Å²) in [5.74, 6) is 1.64. The summed E-state index contributed by atoms with van der Waals surface area (Å²) in [7, 11) is 0. The van der Waals surface area contributed by atoms with Gasteiger partial charge in [-0.15, -0.1) is 11.8 Å². The predicted molar refractivity (Wildman–Crippen MR) is 139 cm³/mol. The Kier molecular flexibility index (Phi) is 8.95. The van der Waals surface area contributed by atoms with Gasteiger partial charge in [-0.05, 0) is 43.9 Å². The van der Waals surface area contributed by atoms with Crippen LogP contribution in [-0.4, -0.2) is 56.6 Å². The Labute approximate surface area is 211 Å². The zero-order chi connectivity index (χ0) is 24.5. The van der Waals surface area contributed by atoms with Crippen molar-refractivity contribution < 1.29 is 9.59 Å². The van der Waals surface area contributed by atoms with Crippen LogP contribution in [0.1, 0.15) is 52.5 Å². The number of carbonyl (C=O) groups excluding carboxylic acids is 2. The zero-order valence-electron chi connectivity index (χ0n) is 20.2. The number of hydrogen-bond donors (Lipinski definition) is 1. The van der Waals surface area contributed by atoms with Gasteiger partial charge in [-0.1, -0.05) is 30.3 Å². The van der Waals surface area contributed by atoms with Gasteiger partial charge in [0.2, 0.25) is 5.91 Å². The Hall–Kier alpha value is -3.13. The number of pyridine rings is 1. The lowest BCUT2D eigenvalue weighted by molar-refractivity contribution is -0.129. The largest absolute Gasteiger partial charge is 0.352 e. The second kappa shape index (κ2) is 12.5. The van der Waals surface area contributed by atoms with Gasteiger partial charge < -0.3 is 14.8 Å². The van der Waals surface area contributed by atoms with E-state index in [1.807, 2.05) is 52.9 Å². The second-order valence-electron chi connectivity index (χ2n) is 8.93. The summed E-state index contributed by atoms with van der Waals surface area (Å²) in [5.41, 5.74) is 3.67. The molecule has 0 radical (unpaired) electrons. The maximum Gasteiger partial charge on any atom is 0.253 e. The van der Waals surface area contributed by atoms with E-state index < -0.39 is 0 Å². The molecule has 0 bridgehead atoms. The highest BCUT2D eigenvalue weighted by Gasteiger charge is 2.27. The van der Waals surface area contributed by atoms with E-state index in [0.29, 0.717) is 31.0 Å². The summed E-state index contributed by atoms with van der Waals surface area (Å²) in [4.78, 5) is 36.4. The summed E-state index contributed by atoms with van der Waals surface area (Å²) in [6, 6.07) is 14.0. The first-order chi connectivity index (χ1) is 17.1. The molecule has 1 aliphatic rings. The van der Waals surface area contributed by atoms with Crippen LogP contribution >= 0.6 is 11.8 Å². The van der Waals surface area contributed by atoms with E-state index >= 15 is 0 Å². The smallest absolute Gasteiger partial charge is 0.253 e. The monoisotopic (exact) mass is 491 g/mol. The second-order valence-corrected chi connectivity index (χ2v) is 9.91. The van der Waals surface area contributed by atoms with Gasteiger partial charge in [0, 0.05) is 55.9 Å². The van der Waals surface area contributed by atoms with Crippen molar-refractivity contribution in [2.45, 2.75) is 44.4 Å². The molecule has 0 unspecified atom stereocenters. The lowest BCUT2D eigenvalue weighted by Gasteiger charge is -2.32. The van der Waals surface area contributed by atoms with E-state index in [1.165, 1.54) is 5.56 Å². The number of nitrogens with zero attached hydrogens (tertiary/aromatic N) is 4. The van der Waals surface area contributed by atoms with Crippen LogP contribution in [0.25, 0.3) is 0 Å². The van der Waals surface area contributed by atoms with Crippen molar-refractivity contribution in [2.24, 2.45) is 0 Å². The summed E-state index contributed by atoms with van der Waals surface area (Å²) >= 11 is 1.66. The molecule has 3 heterocycles. The average molecular weight is 492 g/mol. The van der Waals surface area contributed by atoms with E-state index in [2.05, 4.69) is 22.4 Å². The number of rotatable bonds is 10. The van der Waals surface area contributed by atoms with Gasteiger partial charge in [0.15, 0.2) is 0 Å². The molecule has 7 nitrogen and oxygen atoms in total. The number of aryl methyl sites for hydroxylation is 2. The molecule has 0 aliphatic carbocycles. The average Bonchev–Trinajstić information content (AvgIpc) is 3.41. The Bertz CT molecular complexity index is 1100. The maximum absolute atomic E-state index is 13.0. The number of benzene rings is 1. The lowest BCUT2D eigenvalue weighted by Crippen LogP contribution is -2.39. The van der Waals surface area contributed by atoms with Gasteiger partial charge >= 0.3 is 0 Å². The zero-order valence-corrected chi connectivity index (χ0v) is 21.0. The Morgan fingerprint density at radius 3 is 2.66 bits per heavy atom. The molecule has 1 fully saturated rings. The third-order valence-electron chi connectivity index (χ3n) is 6.32. The number of carbonyl (C=O) groups is 2. The molecule has 0 spiro atoms. The summed E-state index contributed by atoms with van der Waals surface area (Å²) < 4.78 is 2.00. The van der Waals surface area contributed by atoms with Crippen LogP contribution < -0.4 is 5.32 Å². The number of likely N-dealkylation sites (tertiary alicyclic amines) is 1. The lowest BCUT2D eigenvalue weighted by atomic mass is 9.90. The molecule has 1 aromatic carbocycles. The standard InChI is InChI=1S/C27H33N5O2S/c1-21-8-9-24(27(34)29-12-5-14-31-17-13-28-20-31)26(30-21)23-10-15-32(16-11-23)25(33)19-35-18-22-6-3-2-4-7-22/h2-4,6-9,13,17,20,23H,5,10-12,14-16,18-19H2,1H3,(H,29,34). The first kappa shape index (κ1) is 25.0. The van der Waals surface area contributed by atoms with Crippen molar-refractivity contribution in [3.8, 4) is 0 Å². The van der Waals surface area contributed by atoms with Crippen LogP contribution in [0.15, 0.2) is 61.2 Å². The number of piperidine rings is 1. The van der Waals surface area contributed by atoms with E-state index in [0.717, 1.165) is 42.9 Å². The minimum atomic E-state index is -0.0750. The summed E-state index contributed by atoms with van der Waals surface area (Å²) in [6.07, 6.45) is 7.94. The van der Waals surface area contributed by atoms with Gasteiger partial charge in [-0.3, -0.25) is 14.6 Å². The molecule has 8 heteroatoms. The molecule has 3 aromatic rings. The molecule has 1 N–H and O–H groups in total. The number of aromatic nitrogens is 3.